The molecule has 0 saturated heterocycles. The SMILES string of the molecule is C#Cc1cc(-c2nc(C)nc(NN(C)C(=O)OC(C)(C)C)c2C(C)=O)cc(NC(=O)C(C)N(C)C(=O)OC(C)(C)C)n1. The molecule has 1 atom stereocenters. The van der Waals surface area contributed by atoms with E-state index in [9.17, 15) is 19.2 Å². The summed E-state index contributed by atoms with van der Waals surface area (Å²) in [5.74, 6) is 1.90. The average molecular weight is 582 g/mol. The van der Waals surface area contributed by atoms with Crippen molar-refractivity contribution in [3.05, 3.63) is 29.2 Å². The first-order valence-corrected chi connectivity index (χ1v) is 13.1. The number of terminal acetylenes is 1. The number of carbonyl (C=O) groups excluding carboxylic acids is 4. The number of anilines is 2. The van der Waals surface area contributed by atoms with E-state index >= 15 is 0 Å². The number of amides is 3. The molecular weight excluding hydrogens is 542 g/mol. The molecule has 2 aromatic rings. The molecule has 0 spiro atoms. The van der Waals surface area contributed by atoms with Gasteiger partial charge in [0.15, 0.2) is 11.6 Å². The van der Waals surface area contributed by atoms with Crippen LogP contribution in [-0.4, -0.2) is 80.1 Å². The van der Waals surface area contributed by atoms with Gasteiger partial charge in [0.05, 0.1) is 11.3 Å². The number of likely N-dealkylation sites (N-methyl/N-ethyl adjacent to an activating group) is 1. The maximum absolute atomic E-state index is 13.0. The molecule has 0 fully saturated rings. The molecule has 0 aliphatic carbocycles. The fourth-order valence-corrected chi connectivity index (χ4v) is 3.43. The standard InChI is InChI=1S/C29H39N7O6/c1-13-20-14-19(15-21(32-20)33-25(38)16(2)35(11)26(39)41-28(5,6)7)23-22(17(3)37)24(31-18(4)30-23)34-36(12)27(40)42-29(8,9)10/h1,14-16H,2-12H3,(H,30,31,34)(H,32,33,38). The second kappa shape index (κ2) is 12.8. The lowest BCUT2D eigenvalue weighted by Gasteiger charge is -2.28. The van der Waals surface area contributed by atoms with Gasteiger partial charge in [-0.05, 0) is 74.4 Å². The van der Waals surface area contributed by atoms with Crippen LogP contribution in [0.4, 0.5) is 21.2 Å². The van der Waals surface area contributed by atoms with Gasteiger partial charge in [0.1, 0.15) is 34.6 Å². The van der Waals surface area contributed by atoms with Gasteiger partial charge in [0.25, 0.3) is 0 Å². The maximum Gasteiger partial charge on any atom is 0.428 e. The van der Waals surface area contributed by atoms with E-state index in [2.05, 4.69) is 31.6 Å². The van der Waals surface area contributed by atoms with Crippen molar-refractivity contribution in [1.29, 1.82) is 0 Å². The van der Waals surface area contributed by atoms with E-state index in [0.29, 0.717) is 5.56 Å². The lowest BCUT2D eigenvalue weighted by atomic mass is 10.0. The number of hydrazine groups is 1. The minimum Gasteiger partial charge on any atom is -0.444 e. The number of hydrogen-bond donors (Lipinski definition) is 2. The number of ketones is 1. The van der Waals surface area contributed by atoms with Gasteiger partial charge in [0.2, 0.25) is 5.91 Å². The van der Waals surface area contributed by atoms with Crippen molar-refractivity contribution in [1.82, 2.24) is 24.9 Å². The fourth-order valence-electron chi connectivity index (χ4n) is 3.43. The summed E-state index contributed by atoms with van der Waals surface area (Å²) < 4.78 is 10.7. The third kappa shape index (κ3) is 9.15. The highest BCUT2D eigenvalue weighted by Crippen LogP contribution is 2.30. The summed E-state index contributed by atoms with van der Waals surface area (Å²) in [5.41, 5.74) is 2.11. The van der Waals surface area contributed by atoms with Crippen LogP contribution in [-0.2, 0) is 14.3 Å². The van der Waals surface area contributed by atoms with Gasteiger partial charge < -0.3 is 14.8 Å². The molecule has 0 saturated carbocycles. The third-order valence-electron chi connectivity index (χ3n) is 5.45. The van der Waals surface area contributed by atoms with E-state index < -0.39 is 41.1 Å². The highest BCUT2D eigenvalue weighted by atomic mass is 16.6. The summed E-state index contributed by atoms with van der Waals surface area (Å²) in [4.78, 5) is 65.1. The fraction of sp³-hybridized carbons (Fsp3) is 0.483. The third-order valence-corrected chi connectivity index (χ3v) is 5.45. The zero-order chi connectivity index (χ0) is 32.2. The molecule has 0 aliphatic heterocycles. The van der Waals surface area contributed by atoms with Crippen molar-refractivity contribution in [2.45, 2.75) is 79.6 Å². The van der Waals surface area contributed by atoms with Crippen LogP contribution in [0.1, 0.15) is 77.3 Å². The van der Waals surface area contributed by atoms with E-state index in [-0.39, 0.29) is 34.4 Å². The molecule has 2 rings (SSSR count). The average Bonchev–Trinajstić information content (AvgIpc) is 2.84. The van der Waals surface area contributed by atoms with Crippen LogP contribution in [0.2, 0.25) is 0 Å². The Morgan fingerprint density at radius 2 is 1.52 bits per heavy atom. The normalized spacial score (nSPS) is 12.0. The number of carbonyl (C=O) groups is 4. The van der Waals surface area contributed by atoms with Crippen molar-refractivity contribution in [3.63, 3.8) is 0 Å². The summed E-state index contributed by atoms with van der Waals surface area (Å²) in [5, 5.41) is 3.73. The van der Waals surface area contributed by atoms with Gasteiger partial charge >= 0.3 is 12.2 Å². The molecule has 42 heavy (non-hydrogen) atoms. The Morgan fingerprint density at radius 1 is 0.952 bits per heavy atom. The van der Waals surface area contributed by atoms with Crippen molar-refractivity contribution in [2.75, 3.05) is 24.8 Å². The van der Waals surface area contributed by atoms with E-state index in [1.165, 1.54) is 40.1 Å². The monoisotopic (exact) mass is 581 g/mol. The Morgan fingerprint density at radius 3 is 2.05 bits per heavy atom. The number of nitrogens with zero attached hydrogens (tertiary/aromatic N) is 5. The minimum atomic E-state index is -0.923. The molecule has 1 unspecified atom stereocenters. The maximum atomic E-state index is 13.0. The van der Waals surface area contributed by atoms with Crippen LogP contribution in [0, 0.1) is 19.3 Å². The van der Waals surface area contributed by atoms with E-state index in [1.54, 1.807) is 48.5 Å². The Labute approximate surface area is 246 Å². The topological polar surface area (TPSA) is 156 Å². The molecule has 2 heterocycles. The van der Waals surface area contributed by atoms with Gasteiger partial charge in [-0.1, -0.05) is 5.92 Å². The number of aryl methyl sites for hydroxylation is 1. The number of aromatic nitrogens is 3. The molecule has 0 radical (unpaired) electrons. The highest BCUT2D eigenvalue weighted by molar-refractivity contribution is 6.04. The summed E-state index contributed by atoms with van der Waals surface area (Å²) in [6.07, 6.45) is 4.28. The van der Waals surface area contributed by atoms with Crippen molar-refractivity contribution >= 4 is 35.5 Å². The van der Waals surface area contributed by atoms with Gasteiger partial charge in [0, 0.05) is 19.7 Å². The largest absolute Gasteiger partial charge is 0.444 e. The van der Waals surface area contributed by atoms with E-state index in [0.717, 1.165) is 9.91 Å². The van der Waals surface area contributed by atoms with E-state index in [4.69, 9.17) is 15.9 Å². The molecule has 13 nitrogen and oxygen atoms in total. The van der Waals surface area contributed by atoms with Crippen molar-refractivity contribution in [3.8, 4) is 23.6 Å². The summed E-state index contributed by atoms with van der Waals surface area (Å²) >= 11 is 0. The second-order valence-corrected chi connectivity index (χ2v) is 11.6. The quantitative estimate of drug-likeness (QED) is 0.273. The first kappa shape index (κ1) is 33.5. The van der Waals surface area contributed by atoms with Crippen LogP contribution in [0.15, 0.2) is 12.1 Å². The Kier molecular flexibility index (Phi) is 10.2. The molecule has 0 bridgehead atoms. The molecular formula is C29H39N7O6. The molecule has 3 amide bonds. The molecule has 2 N–H and O–H groups in total. The number of Topliss-reactive ketones (excluding diaryl/α,β-unsaturated/α-hetero) is 1. The number of ether oxygens (including phenoxy) is 2. The molecule has 13 heteroatoms. The molecule has 226 valence electrons. The number of pyridine rings is 1. The zero-order valence-electron chi connectivity index (χ0n) is 26.0. The Hall–Kier alpha value is -4.73. The lowest BCUT2D eigenvalue weighted by Crippen LogP contribution is -2.45. The second-order valence-electron chi connectivity index (χ2n) is 11.6. The van der Waals surface area contributed by atoms with Crippen molar-refractivity contribution in [2.24, 2.45) is 0 Å². The lowest BCUT2D eigenvalue weighted by molar-refractivity contribution is -0.120. The predicted octanol–water partition coefficient (Wildman–Crippen LogP) is 4.42. The van der Waals surface area contributed by atoms with Gasteiger partial charge in [-0.3, -0.25) is 19.9 Å². The van der Waals surface area contributed by atoms with Crippen LogP contribution in [0.3, 0.4) is 0 Å². The predicted molar refractivity (Wildman–Crippen MR) is 158 cm³/mol. The summed E-state index contributed by atoms with van der Waals surface area (Å²) in [7, 11) is 2.88. The van der Waals surface area contributed by atoms with Crippen molar-refractivity contribution < 1.29 is 28.7 Å². The molecule has 0 aromatic carbocycles. The van der Waals surface area contributed by atoms with Crippen LogP contribution >= 0.6 is 0 Å². The van der Waals surface area contributed by atoms with Crippen LogP contribution < -0.4 is 10.7 Å². The number of nitrogens with one attached hydrogen (secondary N) is 2. The first-order chi connectivity index (χ1) is 19.2. The van der Waals surface area contributed by atoms with Gasteiger partial charge in [-0.15, -0.1) is 6.42 Å². The first-order valence-electron chi connectivity index (χ1n) is 13.1. The highest BCUT2D eigenvalue weighted by Gasteiger charge is 2.28. The number of rotatable bonds is 7. The summed E-state index contributed by atoms with van der Waals surface area (Å²) in [6.45, 7) is 14.8. The van der Waals surface area contributed by atoms with Crippen LogP contribution in [0.5, 0.6) is 0 Å². The summed E-state index contributed by atoms with van der Waals surface area (Å²) in [6, 6.07) is 2.10. The molecule has 2 aromatic heterocycles. The van der Waals surface area contributed by atoms with E-state index in [1.807, 2.05) is 0 Å². The number of hydrogen-bond acceptors (Lipinski definition) is 10. The van der Waals surface area contributed by atoms with Gasteiger partial charge in [-0.25, -0.2) is 29.5 Å². The van der Waals surface area contributed by atoms with Gasteiger partial charge in [-0.2, -0.15) is 0 Å². The zero-order valence-corrected chi connectivity index (χ0v) is 26.0. The minimum absolute atomic E-state index is 0.0654. The Balaban J connectivity index is 2.50. The Bertz CT molecular complexity index is 1420. The van der Waals surface area contributed by atoms with Crippen LogP contribution in [0.25, 0.3) is 11.3 Å². The smallest absolute Gasteiger partial charge is 0.428 e. The molecule has 0 aliphatic rings.